The molecule has 0 heteroatoms. The molecule has 0 aliphatic heterocycles. The predicted octanol–water partition coefficient (Wildman–Crippen LogP) is 5.66. The van der Waals surface area contributed by atoms with Gasteiger partial charge in [-0.05, 0) is 48.4 Å². The maximum Gasteiger partial charge on any atom is 0.00982 e. The molecule has 2 aliphatic carbocycles. The second-order valence-corrected chi connectivity index (χ2v) is 6.21. The minimum absolute atomic E-state index is 0.555. The summed E-state index contributed by atoms with van der Waals surface area (Å²) in [7, 11) is 0. The van der Waals surface area contributed by atoms with E-state index >= 15 is 0 Å². The molecule has 0 saturated heterocycles. The monoisotopic (exact) mass is 272 g/mol. The highest BCUT2D eigenvalue weighted by Crippen LogP contribution is 2.44. The Morgan fingerprint density at radius 2 is 1.67 bits per heavy atom. The van der Waals surface area contributed by atoms with Gasteiger partial charge in [0.25, 0.3) is 0 Å². The molecule has 2 aliphatic rings. The first kappa shape index (κ1) is 12.6. The van der Waals surface area contributed by atoms with E-state index in [-0.39, 0.29) is 0 Å². The average Bonchev–Trinajstić information content (AvgIpc) is 2.54. The zero-order valence-electron chi connectivity index (χ0n) is 12.5. The van der Waals surface area contributed by atoms with Crippen LogP contribution in [0.2, 0.25) is 0 Å². The third kappa shape index (κ3) is 2.15. The largest absolute Gasteiger partial charge is 0.0813 e. The zero-order valence-corrected chi connectivity index (χ0v) is 12.5. The molecule has 0 N–H and O–H groups in total. The van der Waals surface area contributed by atoms with Gasteiger partial charge in [-0.1, -0.05) is 71.8 Å². The fourth-order valence-corrected chi connectivity index (χ4v) is 3.83. The van der Waals surface area contributed by atoms with Gasteiger partial charge in [-0.3, -0.25) is 0 Å². The van der Waals surface area contributed by atoms with E-state index in [1.54, 1.807) is 5.57 Å². The van der Waals surface area contributed by atoms with Gasteiger partial charge < -0.3 is 0 Å². The third-order valence-electron chi connectivity index (χ3n) is 4.83. The highest BCUT2D eigenvalue weighted by molar-refractivity contribution is 5.75. The topological polar surface area (TPSA) is 0 Å². The number of hydrogen-bond donors (Lipinski definition) is 0. The molecule has 0 nitrogen and oxygen atoms in total. The molecule has 21 heavy (non-hydrogen) atoms. The highest BCUT2D eigenvalue weighted by atomic mass is 14.3. The van der Waals surface area contributed by atoms with E-state index in [4.69, 9.17) is 0 Å². The predicted molar refractivity (Wildman–Crippen MR) is 89.4 cm³/mol. The summed E-state index contributed by atoms with van der Waals surface area (Å²) in [5, 5.41) is 0. The Morgan fingerprint density at radius 3 is 2.52 bits per heavy atom. The minimum atomic E-state index is 0.555. The molecule has 0 aromatic heterocycles. The molecule has 4 rings (SSSR count). The minimum Gasteiger partial charge on any atom is -0.0813 e. The number of benzene rings is 2. The molecular weight excluding hydrogens is 252 g/mol. The lowest BCUT2D eigenvalue weighted by molar-refractivity contribution is 0.720. The number of allylic oxidation sites excluding steroid dienone is 4. The molecule has 0 fully saturated rings. The van der Waals surface area contributed by atoms with Crippen molar-refractivity contribution in [1.82, 2.24) is 0 Å². The number of rotatable bonds is 1. The van der Waals surface area contributed by atoms with Crippen LogP contribution in [0.3, 0.4) is 0 Å². The van der Waals surface area contributed by atoms with Crippen LogP contribution in [0.1, 0.15) is 36.8 Å². The lowest BCUT2D eigenvalue weighted by Crippen LogP contribution is -2.14. The van der Waals surface area contributed by atoms with Crippen molar-refractivity contribution in [2.24, 2.45) is 0 Å². The lowest BCUT2D eigenvalue weighted by atomic mass is 9.73. The van der Waals surface area contributed by atoms with E-state index in [0.717, 1.165) is 6.42 Å². The first-order valence-electron chi connectivity index (χ1n) is 7.87. The van der Waals surface area contributed by atoms with E-state index in [9.17, 15) is 0 Å². The second kappa shape index (κ2) is 5.04. The Morgan fingerprint density at radius 1 is 0.905 bits per heavy atom. The molecule has 104 valence electrons. The Labute approximate surface area is 126 Å². The first-order chi connectivity index (χ1) is 10.3. The summed E-state index contributed by atoms with van der Waals surface area (Å²) in [6.07, 6.45) is 8.31. The van der Waals surface area contributed by atoms with Gasteiger partial charge in [0.2, 0.25) is 0 Å². The Bertz CT molecular complexity index is 746. The average molecular weight is 272 g/mol. The van der Waals surface area contributed by atoms with Crippen LogP contribution < -0.4 is 0 Å². The molecule has 0 heterocycles. The van der Waals surface area contributed by atoms with Crippen molar-refractivity contribution in [3.05, 3.63) is 83.0 Å². The molecule has 0 saturated carbocycles. The van der Waals surface area contributed by atoms with Gasteiger partial charge in [-0.2, -0.15) is 0 Å². The molecule has 0 radical (unpaired) electrons. The van der Waals surface area contributed by atoms with Crippen LogP contribution in [-0.2, 0) is 6.42 Å². The Kier molecular flexibility index (Phi) is 3.03. The molecule has 0 amide bonds. The zero-order chi connectivity index (χ0) is 14.2. The lowest BCUT2D eigenvalue weighted by Gasteiger charge is -2.31. The van der Waals surface area contributed by atoms with Crippen molar-refractivity contribution in [2.75, 3.05) is 0 Å². The van der Waals surface area contributed by atoms with E-state index in [1.165, 1.54) is 40.7 Å². The van der Waals surface area contributed by atoms with Crippen LogP contribution in [0.15, 0.2) is 71.8 Å². The van der Waals surface area contributed by atoms with Crippen molar-refractivity contribution in [3.63, 3.8) is 0 Å². The van der Waals surface area contributed by atoms with Gasteiger partial charge in [0.15, 0.2) is 0 Å². The summed E-state index contributed by atoms with van der Waals surface area (Å²) in [6.45, 7) is 2.22. The summed E-state index contributed by atoms with van der Waals surface area (Å²) in [6, 6.07) is 17.9. The molecule has 2 aromatic carbocycles. The molecule has 1 atom stereocenters. The van der Waals surface area contributed by atoms with Crippen LogP contribution in [-0.4, -0.2) is 0 Å². The maximum absolute atomic E-state index is 2.42. The van der Waals surface area contributed by atoms with Gasteiger partial charge in [-0.15, -0.1) is 0 Å². The molecule has 1 unspecified atom stereocenters. The number of fused-ring (bicyclic) bond motifs is 3. The second-order valence-electron chi connectivity index (χ2n) is 6.21. The van der Waals surface area contributed by atoms with E-state index in [1.807, 2.05) is 0 Å². The van der Waals surface area contributed by atoms with Gasteiger partial charge in [0.1, 0.15) is 0 Å². The summed E-state index contributed by atoms with van der Waals surface area (Å²) in [5.41, 5.74) is 8.89. The summed E-state index contributed by atoms with van der Waals surface area (Å²) in [4.78, 5) is 0. The SMILES string of the molecule is CC1=CCCC(C2Cc3ccccc3-c3ccccc32)=C1. The van der Waals surface area contributed by atoms with Gasteiger partial charge >= 0.3 is 0 Å². The molecular formula is C21H20. The first-order valence-corrected chi connectivity index (χ1v) is 7.87. The van der Waals surface area contributed by atoms with Crippen LogP contribution in [0.5, 0.6) is 0 Å². The van der Waals surface area contributed by atoms with Crippen molar-refractivity contribution in [2.45, 2.75) is 32.1 Å². The summed E-state index contributed by atoms with van der Waals surface area (Å²) >= 11 is 0. The van der Waals surface area contributed by atoms with E-state index < -0.39 is 0 Å². The van der Waals surface area contributed by atoms with Gasteiger partial charge in [-0.25, -0.2) is 0 Å². The van der Waals surface area contributed by atoms with Crippen LogP contribution in [0.4, 0.5) is 0 Å². The van der Waals surface area contributed by atoms with Gasteiger partial charge in [0.05, 0.1) is 0 Å². The van der Waals surface area contributed by atoms with E-state index in [2.05, 4.69) is 67.6 Å². The smallest absolute Gasteiger partial charge is 0.00982 e. The highest BCUT2D eigenvalue weighted by Gasteiger charge is 2.26. The van der Waals surface area contributed by atoms with Crippen molar-refractivity contribution < 1.29 is 0 Å². The standard InChI is InChI=1S/C21H20/c1-15-7-6-9-16(13-15)21-14-17-8-2-3-10-18(17)19-11-4-5-12-20(19)21/h2-5,7-8,10-13,21H,6,9,14H2,1H3. The quantitative estimate of drug-likeness (QED) is 0.628. The molecule has 0 spiro atoms. The fraction of sp³-hybridized carbons (Fsp3) is 0.238. The Hall–Kier alpha value is -2.08. The van der Waals surface area contributed by atoms with Crippen LogP contribution in [0.25, 0.3) is 11.1 Å². The fourth-order valence-electron chi connectivity index (χ4n) is 3.83. The van der Waals surface area contributed by atoms with Crippen LogP contribution >= 0.6 is 0 Å². The number of hydrogen-bond acceptors (Lipinski definition) is 0. The summed E-state index contributed by atoms with van der Waals surface area (Å²) < 4.78 is 0. The Balaban J connectivity index is 1.87. The van der Waals surface area contributed by atoms with Crippen molar-refractivity contribution in [3.8, 4) is 11.1 Å². The van der Waals surface area contributed by atoms with Crippen LogP contribution in [0, 0.1) is 0 Å². The van der Waals surface area contributed by atoms with Crippen molar-refractivity contribution in [1.29, 1.82) is 0 Å². The summed E-state index contributed by atoms with van der Waals surface area (Å²) in [5.74, 6) is 0.555. The van der Waals surface area contributed by atoms with Crippen molar-refractivity contribution >= 4 is 0 Å². The maximum atomic E-state index is 2.42. The molecule has 2 aromatic rings. The normalized spacial score (nSPS) is 20.1. The van der Waals surface area contributed by atoms with Gasteiger partial charge in [0, 0.05) is 5.92 Å². The third-order valence-corrected chi connectivity index (χ3v) is 4.83. The molecule has 0 bridgehead atoms. The van der Waals surface area contributed by atoms with E-state index in [0.29, 0.717) is 5.92 Å².